The maximum absolute atomic E-state index is 10.4. The molecule has 0 aromatic carbocycles. The monoisotopic (exact) mass is 142 g/mol. The number of ether oxygens (including phenoxy) is 1. The number of aldehydes is 1. The summed E-state index contributed by atoms with van der Waals surface area (Å²) < 4.78 is 5.23. The third-order valence-corrected chi connectivity index (χ3v) is 1.89. The molecule has 0 saturated carbocycles. The van der Waals surface area contributed by atoms with E-state index in [2.05, 4.69) is 0 Å². The molecular weight excluding hydrogens is 131 g/mol. The zero-order valence-corrected chi connectivity index (χ0v) is 6.04. The SMILES string of the molecule is B[C@H]1CC[C@](C=O)(CO)O1. The average Bonchev–Trinajstić information content (AvgIpc) is 2.33. The molecule has 1 aliphatic heterocycles. The number of aliphatic hydroxyl groups is 1. The van der Waals surface area contributed by atoms with Crippen LogP contribution >= 0.6 is 0 Å². The normalized spacial score (nSPS) is 39.9. The minimum Gasteiger partial charge on any atom is -0.393 e. The second-order valence-electron chi connectivity index (χ2n) is 2.81. The fourth-order valence-electron chi connectivity index (χ4n) is 1.21. The van der Waals surface area contributed by atoms with Crippen molar-refractivity contribution in [3.8, 4) is 0 Å². The van der Waals surface area contributed by atoms with Crippen LogP contribution in [0.3, 0.4) is 0 Å². The third-order valence-electron chi connectivity index (χ3n) is 1.89. The van der Waals surface area contributed by atoms with Gasteiger partial charge in [-0.3, -0.25) is 0 Å². The lowest BCUT2D eigenvalue weighted by molar-refractivity contribution is -0.131. The van der Waals surface area contributed by atoms with Crippen LogP contribution < -0.4 is 0 Å². The summed E-state index contributed by atoms with van der Waals surface area (Å²) in [5.74, 6) is 0. The Morgan fingerprint density at radius 2 is 2.60 bits per heavy atom. The van der Waals surface area contributed by atoms with Gasteiger partial charge in [0, 0.05) is 6.00 Å². The van der Waals surface area contributed by atoms with E-state index < -0.39 is 5.60 Å². The largest absolute Gasteiger partial charge is 0.393 e. The average molecular weight is 142 g/mol. The molecule has 0 aromatic heterocycles. The van der Waals surface area contributed by atoms with Crippen LogP contribution in [0.25, 0.3) is 0 Å². The van der Waals surface area contributed by atoms with E-state index in [9.17, 15) is 4.79 Å². The minimum absolute atomic E-state index is 0.109. The fourth-order valence-corrected chi connectivity index (χ4v) is 1.21. The van der Waals surface area contributed by atoms with Crippen molar-refractivity contribution < 1.29 is 14.6 Å². The van der Waals surface area contributed by atoms with Crippen molar-refractivity contribution in [1.29, 1.82) is 0 Å². The number of hydrogen-bond donors (Lipinski definition) is 1. The van der Waals surface area contributed by atoms with E-state index in [1.165, 1.54) is 0 Å². The highest BCUT2D eigenvalue weighted by molar-refractivity contribution is 6.11. The molecule has 0 spiro atoms. The van der Waals surface area contributed by atoms with Crippen molar-refractivity contribution in [3.05, 3.63) is 0 Å². The summed E-state index contributed by atoms with van der Waals surface area (Å²) in [6.07, 6.45) is 2.21. The molecule has 2 atom stereocenters. The van der Waals surface area contributed by atoms with E-state index in [1.807, 2.05) is 7.85 Å². The summed E-state index contributed by atoms with van der Waals surface area (Å²) in [7, 11) is 1.90. The predicted molar refractivity (Wildman–Crippen MR) is 38.5 cm³/mol. The van der Waals surface area contributed by atoms with Gasteiger partial charge in [0.1, 0.15) is 13.4 Å². The summed E-state index contributed by atoms with van der Waals surface area (Å²) in [6, 6.07) is 0.109. The highest BCUT2D eigenvalue weighted by Crippen LogP contribution is 2.26. The second-order valence-corrected chi connectivity index (χ2v) is 2.81. The van der Waals surface area contributed by atoms with Gasteiger partial charge in [-0.15, -0.1) is 0 Å². The first-order valence-electron chi connectivity index (χ1n) is 3.47. The lowest BCUT2D eigenvalue weighted by Gasteiger charge is -2.18. The molecule has 0 amide bonds. The maximum atomic E-state index is 10.4. The minimum atomic E-state index is -0.876. The van der Waals surface area contributed by atoms with Gasteiger partial charge in [-0.1, -0.05) is 0 Å². The lowest BCUT2D eigenvalue weighted by atomic mass is 9.95. The smallest absolute Gasteiger partial charge is 0.154 e. The molecule has 56 valence electrons. The zero-order chi connectivity index (χ0) is 7.61. The molecule has 3 nitrogen and oxygen atoms in total. The Kier molecular flexibility index (Phi) is 2.11. The van der Waals surface area contributed by atoms with Gasteiger partial charge in [0.15, 0.2) is 6.29 Å². The Labute approximate surface area is 60.8 Å². The van der Waals surface area contributed by atoms with Gasteiger partial charge in [-0.2, -0.15) is 0 Å². The molecule has 0 radical (unpaired) electrons. The quantitative estimate of drug-likeness (QED) is 0.384. The van der Waals surface area contributed by atoms with Gasteiger partial charge in [0.05, 0.1) is 6.61 Å². The van der Waals surface area contributed by atoms with Crippen LogP contribution in [0.1, 0.15) is 12.8 Å². The van der Waals surface area contributed by atoms with Gasteiger partial charge in [-0.25, -0.2) is 0 Å². The molecule has 10 heavy (non-hydrogen) atoms. The van der Waals surface area contributed by atoms with Crippen LogP contribution in [-0.4, -0.2) is 37.5 Å². The molecule has 1 saturated heterocycles. The summed E-state index contributed by atoms with van der Waals surface area (Å²) in [5.41, 5.74) is -0.876. The Hall–Kier alpha value is -0.345. The van der Waals surface area contributed by atoms with Crippen LogP contribution in [0.15, 0.2) is 0 Å². The van der Waals surface area contributed by atoms with Crippen LogP contribution in [-0.2, 0) is 9.53 Å². The summed E-state index contributed by atoms with van der Waals surface area (Å²) in [5, 5.41) is 8.78. The van der Waals surface area contributed by atoms with Crippen molar-refractivity contribution in [1.82, 2.24) is 0 Å². The Bertz CT molecular complexity index is 139. The predicted octanol–water partition coefficient (Wildman–Crippen LogP) is -1.31. The van der Waals surface area contributed by atoms with Gasteiger partial charge < -0.3 is 14.6 Å². The maximum Gasteiger partial charge on any atom is 0.154 e. The third kappa shape index (κ3) is 1.22. The number of hydrogen-bond acceptors (Lipinski definition) is 3. The van der Waals surface area contributed by atoms with Gasteiger partial charge in [0.2, 0.25) is 0 Å². The number of carbonyl (C=O) groups excluding carboxylic acids is 1. The molecular formula is C6H11BO3. The Morgan fingerprint density at radius 1 is 1.90 bits per heavy atom. The topological polar surface area (TPSA) is 46.5 Å². The van der Waals surface area contributed by atoms with Crippen molar-refractivity contribution in [2.45, 2.75) is 24.4 Å². The van der Waals surface area contributed by atoms with Crippen molar-refractivity contribution in [2.75, 3.05) is 6.61 Å². The summed E-state index contributed by atoms with van der Waals surface area (Å²) >= 11 is 0. The van der Waals surface area contributed by atoms with Crippen LogP contribution in [0.4, 0.5) is 0 Å². The molecule has 0 unspecified atom stereocenters. The van der Waals surface area contributed by atoms with E-state index >= 15 is 0 Å². The van der Waals surface area contributed by atoms with Gasteiger partial charge >= 0.3 is 0 Å². The standard InChI is InChI=1S/C6H11BO3/c7-5-1-2-6(3-8,4-9)10-5/h3,5,9H,1-2,4,7H2/t5-,6+/m1/s1. The molecule has 1 fully saturated rings. The second kappa shape index (κ2) is 2.72. The molecule has 0 aliphatic carbocycles. The first-order valence-corrected chi connectivity index (χ1v) is 3.47. The fraction of sp³-hybridized carbons (Fsp3) is 0.833. The van der Waals surface area contributed by atoms with Crippen LogP contribution in [0.5, 0.6) is 0 Å². The van der Waals surface area contributed by atoms with E-state index in [4.69, 9.17) is 9.84 Å². The molecule has 0 aromatic rings. The highest BCUT2D eigenvalue weighted by atomic mass is 16.5. The first-order chi connectivity index (χ1) is 4.72. The molecule has 0 bridgehead atoms. The van der Waals surface area contributed by atoms with Crippen molar-refractivity contribution in [3.63, 3.8) is 0 Å². The number of rotatable bonds is 2. The van der Waals surface area contributed by atoms with Gasteiger partial charge in [-0.05, 0) is 12.8 Å². The molecule has 1 aliphatic rings. The lowest BCUT2D eigenvalue weighted by Crippen LogP contribution is -2.35. The number of aliphatic hydroxyl groups excluding tert-OH is 1. The molecule has 1 rings (SSSR count). The van der Waals surface area contributed by atoms with E-state index in [0.717, 1.165) is 6.42 Å². The summed E-state index contributed by atoms with van der Waals surface area (Å²) in [6.45, 7) is -0.194. The molecule has 1 heterocycles. The van der Waals surface area contributed by atoms with Gasteiger partial charge in [0.25, 0.3) is 0 Å². The summed E-state index contributed by atoms with van der Waals surface area (Å²) in [4.78, 5) is 10.4. The van der Waals surface area contributed by atoms with E-state index in [1.54, 1.807) is 0 Å². The van der Waals surface area contributed by atoms with Crippen molar-refractivity contribution in [2.24, 2.45) is 0 Å². The van der Waals surface area contributed by atoms with Crippen LogP contribution in [0.2, 0.25) is 0 Å². The van der Waals surface area contributed by atoms with E-state index in [0.29, 0.717) is 12.7 Å². The van der Waals surface area contributed by atoms with E-state index in [-0.39, 0.29) is 12.6 Å². The highest BCUT2D eigenvalue weighted by Gasteiger charge is 2.37. The number of carbonyl (C=O) groups is 1. The Balaban J connectivity index is 2.59. The first kappa shape index (κ1) is 7.76. The molecule has 4 heteroatoms. The zero-order valence-electron chi connectivity index (χ0n) is 6.04. The van der Waals surface area contributed by atoms with Crippen molar-refractivity contribution >= 4 is 14.1 Å². The Morgan fingerprint density at radius 3 is 2.80 bits per heavy atom. The van der Waals surface area contributed by atoms with Crippen LogP contribution in [0, 0.1) is 0 Å². The molecule has 1 N–H and O–H groups in total.